The third-order valence-electron chi connectivity index (χ3n) is 9.08. The van der Waals surface area contributed by atoms with Crippen LogP contribution in [0, 0.1) is 23.6 Å². The molecule has 2 N–H and O–H groups in total. The Morgan fingerprint density at radius 1 is 1.07 bits per heavy atom. The molecule has 3 unspecified atom stereocenters. The van der Waals surface area contributed by atoms with Crippen molar-refractivity contribution < 1.29 is 28.2 Å². The van der Waals surface area contributed by atoms with Gasteiger partial charge in [-0.25, -0.2) is 19.0 Å². The number of amides is 3. The summed E-state index contributed by atoms with van der Waals surface area (Å²) in [5.74, 6) is -0.812. The molecular weight excluding hydrogens is 589 g/mol. The van der Waals surface area contributed by atoms with E-state index < -0.39 is 41.5 Å². The number of rotatable bonds is 7. The topological polar surface area (TPSA) is 117 Å². The molecule has 0 radical (unpaired) electrons. The Morgan fingerprint density at radius 2 is 1.76 bits per heavy atom. The van der Waals surface area contributed by atoms with Gasteiger partial charge >= 0.3 is 12.2 Å². The number of aromatic nitrogens is 2. The number of imidazole rings is 1. The van der Waals surface area contributed by atoms with Gasteiger partial charge < -0.3 is 29.6 Å². The molecule has 1 saturated heterocycles. The quantitative estimate of drug-likeness (QED) is 0.305. The summed E-state index contributed by atoms with van der Waals surface area (Å²) in [4.78, 5) is 50.2. The number of likely N-dealkylation sites (tertiary alicyclic amines) is 1. The maximum atomic E-state index is 16.4. The van der Waals surface area contributed by atoms with Crippen LogP contribution in [0.1, 0.15) is 82.3 Å². The highest BCUT2D eigenvalue weighted by atomic mass is 19.1. The van der Waals surface area contributed by atoms with E-state index in [1.807, 2.05) is 30.3 Å². The first-order valence-corrected chi connectivity index (χ1v) is 16.1. The summed E-state index contributed by atoms with van der Waals surface area (Å²) in [7, 11) is 3.30. The van der Waals surface area contributed by atoms with Crippen LogP contribution in [0.15, 0.2) is 42.5 Å². The molecule has 1 saturated carbocycles. The molecule has 0 spiro atoms. The Balaban J connectivity index is 1.43. The van der Waals surface area contributed by atoms with Crippen molar-refractivity contribution in [2.24, 2.45) is 17.8 Å². The SMILES string of the molecule is CC1CCC(C(NC(=O)OCc2ccccc2)c2nc3c(F)c(C4CN(C(=O)OC(C)(C)C)CC4C(=O)N(C)C)ccc3[nH]2)CC1. The number of H-pyrrole nitrogens is 1. The molecular formula is C35H46FN5O5. The minimum Gasteiger partial charge on any atom is -0.445 e. The fraction of sp³-hybridized carbons (Fsp3) is 0.543. The van der Waals surface area contributed by atoms with Gasteiger partial charge in [0.15, 0.2) is 5.82 Å². The van der Waals surface area contributed by atoms with Gasteiger partial charge in [0.2, 0.25) is 5.91 Å². The van der Waals surface area contributed by atoms with Gasteiger partial charge in [0, 0.05) is 33.1 Å². The molecule has 248 valence electrons. The van der Waals surface area contributed by atoms with Crippen molar-refractivity contribution >= 4 is 29.1 Å². The van der Waals surface area contributed by atoms with Crippen LogP contribution in [-0.4, -0.2) is 70.6 Å². The monoisotopic (exact) mass is 635 g/mol. The van der Waals surface area contributed by atoms with E-state index in [9.17, 15) is 14.4 Å². The minimum atomic E-state index is -0.708. The number of alkyl carbamates (subject to hydrolysis) is 1. The normalized spacial score (nSPS) is 22.4. The number of carbonyl (C=O) groups is 3. The average Bonchev–Trinajstić information content (AvgIpc) is 3.65. The third kappa shape index (κ3) is 7.62. The molecule has 0 bridgehead atoms. The largest absolute Gasteiger partial charge is 0.445 e. The van der Waals surface area contributed by atoms with E-state index in [0.29, 0.717) is 22.8 Å². The number of aromatic amines is 1. The van der Waals surface area contributed by atoms with Crippen molar-refractivity contribution in [2.75, 3.05) is 27.2 Å². The molecule has 2 heterocycles. The lowest BCUT2D eigenvalue weighted by atomic mass is 9.79. The fourth-order valence-electron chi connectivity index (χ4n) is 6.61. The number of halogens is 1. The Kier molecular flexibility index (Phi) is 9.88. The Labute approximate surface area is 270 Å². The van der Waals surface area contributed by atoms with Crippen molar-refractivity contribution in [2.45, 2.75) is 77.5 Å². The second-order valence-corrected chi connectivity index (χ2v) is 14.0. The van der Waals surface area contributed by atoms with E-state index in [2.05, 4.69) is 17.2 Å². The molecule has 3 amide bonds. The second-order valence-electron chi connectivity index (χ2n) is 14.0. The average molecular weight is 636 g/mol. The van der Waals surface area contributed by atoms with Crippen LogP contribution >= 0.6 is 0 Å². The van der Waals surface area contributed by atoms with Crippen LogP contribution in [0.5, 0.6) is 0 Å². The van der Waals surface area contributed by atoms with Crippen LogP contribution in [0.4, 0.5) is 14.0 Å². The van der Waals surface area contributed by atoms with Crippen molar-refractivity contribution in [3.05, 3.63) is 65.2 Å². The smallest absolute Gasteiger partial charge is 0.410 e. The minimum absolute atomic E-state index is 0.0999. The number of ether oxygens (including phenoxy) is 2. The molecule has 1 aromatic heterocycles. The lowest BCUT2D eigenvalue weighted by Crippen LogP contribution is -2.37. The lowest BCUT2D eigenvalue weighted by molar-refractivity contribution is -0.132. The second kappa shape index (κ2) is 13.7. The van der Waals surface area contributed by atoms with Crippen molar-refractivity contribution in [1.29, 1.82) is 0 Å². The Bertz CT molecular complexity index is 1540. The van der Waals surface area contributed by atoms with Crippen LogP contribution in [0.25, 0.3) is 11.0 Å². The summed E-state index contributed by atoms with van der Waals surface area (Å²) in [5.41, 5.74) is 1.10. The molecule has 10 nitrogen and oxygen atoms in total. The molecule has 2 aromatic carbocycles. The van der Waals surface area contributed by atoms with Gasteiger partial charge in [0.05, 0.1) is 17.5 Å². The van der Waals surface area contributed by atoms with Gasteiger partial charge in [0.1, 0.15) is 23.5 Å². The number of hydrogen-bond donors (Lipinski definition) is 2. The first-order valence-electron chi connectivity index (χ1n) is 16.1. The van der Waals surface area contributed by atoms with Crippen LogP contribution < -0.4 is 5.32 Å². The molecule has 1 aliphatic carbocycles. The van der Waals surface area contributed by atoms with E-state index in [4.69, 9.17) is 14.5 Å². The van der Waals surface area contributed by atoms with E-state index in [1.165, 1.54) is 9.80 Å². The predicted molar refractivity (Wildman–Crippen MR) is 172 cm³/mol. The van der Waals surface area contributed by atoms with Crippen molar-refractivity contribution in [1.82, 2.24) is 25.1 Å². The molecule has 3 atom stereocenters. The number of benzene rings is 2. The van der Waals surface area contributed by atoms with Crippen molar-refractivity contribution in [3.63, 3.8) is 0 Å². The maximum Gasteiger partial charge on any atom is 0.410 e. The third-order valence-corrected chi connectivity index (χ3v) is 9.08. The standard InChI is InChI=1S/C35H46FN5O5/c1-21-12-14-23(15-13-21)29(39-33(43)45-20-22-10-8-7-9-11-22)31-37-27-17-16-24(28(36)30(27)38-31)25-18-41(34(44)46-35(2,3)4)19-26(25)32(42)40(5)6/h7-11,16-17,21,23,25-26,29H,12-15,18-20H2,1-6H3,(H,37,38)(H,39,43). The Hall–Kier alpha value is -4.15. The summed E-state index contributed by atoms with van der Waals surface area (Å²) in [6.07, 6.45) is 2.74. The van der Waals surface area contributed by atoms with Crippen LogP contribution in [0.2, 0.25) is 0 Å². The zero-order valence-electron chi connectivity index (χ0n) is 27.6. The van der Waals surface area contributed by atoms with Gasteiger partial charge in [0.25, 0.3) is 0 Å². The Morgan fingerprint density at radius 3 is 2.41 bits per heavy atom. The van der Waals surface area contributed by atoms with E-state index >= 15 is 4.39 Å². The molecule has 1 aliphatic heterocycles. The number of nitrogens with one attached hydrogen (secondary N) is 2. The molecule has 11 heteroatoms. The first-order chi connectivity index (χ1) is 21.8. The summed E-state index contributed by atoms with van der Waals surface area (Å²) < 4.78 is 27.6. The number of hydrogen-bond acceptors (Lipinski definition) is 6. The summed E-state index contributed by atoms with van der Waals surface area (Å²) in [5, 5.41) is 3.02. The van der Waals surface area contributed by atoms with Gasteiger partial charge in [-0.1, -0.05) is 56.2 Å². The van der Waals surface area contributed by atoms with E-state index in [-0.39, 0.29) is 37.0 Å². The number of nitrogens with zero attached hydrogens (tertiary/aromatic N) is 3. The zero-order chi connectivity index (χ0) is 33.2. The predicted octanol–water partition coefficient (Wildman–Crippen LogP) is 6.53. The van der Waals surface area contributed by atoms with E-state index in [1.54, 1.807) is 47.0 Å². The number of fused-ring (bicyclic) bond motifs is 1. The van der Waals surface area contributed by atoms with Gasteiger partial charge in [-0.3, -0.25) is 4.79 Å². The van der Waals surface area contributed by atoms with Gasteiger partial charge in [-0.15, -0.1) is 0 Å². The van der Waals surface area contributed by atoms with E-state index in [0.717, 1.165) is 31.2 Å². The highest BCUT2D eigenvalue weighted by Gasteiger charge is 2.44. The molecule has 46 heavy (non-hydrogen) atoms. The van der Waals surface area contributed by atoms with Crippen LogP contribution in [0.3, 0.4) is 0 Å². The summed E-state index contributed by atoms with van der Waals surface area (Å²) in [6.45, 7) is 7.96. The zero-order valence-corrected chi connectivity index (χ0v) is 27.6. The highest BCUT2D eigenvalue weighted by Crippen LogP contribution is 2.40. The number of carbonyl (C=O) groups excluding carboxylic acids is 3. The summed E-state index contributed by atoms with van der Waals surface area (Å²) >= 11 is 0. The lowest BCUT2D eigenvalue weighted by Gasteiger charge is -2.32. The first kappa shape index (κ1) is 33.2. The maximum absolute atomic E-state index is 16.4. The molecule has 2 aliphatic rings. The summed E-state index contributed by atoms with van der Waals surface area (Å²) in [6, 6.07) is 12.4. The molecule has 5 rings (SSSR count). The fourth-order valence-corrected chi connectivity index (χ4v) is 6.61. The highest BCUT2D eigenvalue weighted by molar-refractivity contribution is 5.83. The molecule has 2 fully saturated rings. The van der Waals surface area contributed by atoms with Gasteiger partial charge in [-0.2, -0.15) is 0 Å². The van der Waals surface area contributed by atoms with Gasteiger partial charge in [-0.05, 0) is 62.6 Å². The van der Waals surface area contributed by atoms with Crippen LogP contribution in [-0.2, 0) is 20.9 Å². The van der Waals surface area contributed by atoms with Crippen molar-refractivity contribution in [3.8, 4) is 0 Å². The molecule has 3 aromatic rings.